The lowest BCUT2D eigenvalue weighted by Gasteiger charge is -2.12. The quantitative estimate of drug-likeness (QED) is 0.719. The Kier molecular flexibility index (Phi) is 4.57. The second kappa shape index (κ2) is 6.78. The number of rotatable bonds is 7. The molecule has 1 atom stereocenters. The van der Waals surface area contributed by atoms with Crippen LogP contribution in [-0.2, 0) is 7.05 Å². The van der Waals surface area contributed by atoms with Crippen molar-refractivity contribution < 1.29 is 4.74 Å². The van der Waals surface area contributed by atoms with E-state index in [9.17, 15) is 0 Å². The molecule has 1 unspecified atom stereocenters. The number of aromatic nitrogens is 5. The molecule has 23 heavy (non-hydrogen) atoms. The Balaban J connectivity index is 1.82. The van der Waals surface area contributed by atoms with Gasteiger partial charge in [0, 0.05) is 18.8 Å². The third kappa shape index (κ3) is 3.50. The molecule has 1 N–H and O–H groups in total. The minimum Gasteiger partial charge on any atom is -0.476 e. The summed E-state index contributed by atoms with van der Waals surface area (Å²) in [5.74, 6) is 1.17. The summed E-state index contributed by atoms with van der Waals surface area (Å²) in [7, 11) is 3.85. The van der Waals surface area contributed by atoms with Crippen molar-refractivity contribution in [3.05, 3.63) is 30.9 Å². The van der Waals surface area contributed by atoms with Gasteiger partial charge in [0.1, 0.15) is 5.52 Å². The van der Waals surface area contributed by atoms with Crippen LogP contribution in [0.4, 0.5) is 0 Å². The average Bonchev–Trinajstić information content (AvgIpc) is 3.16. The highest BCUT2D eigenvalue weighted by atomic mass is 16.5. The lowest BCUT2D eigenvalue weighted by molar-refractivity contribution is 0.275. The lowest BCUT2D eigenvalue weighted by atomic mass is 10.1. The van der Waals surface area contributed by atoms with Gasteiger partial charge < -0.3 is 10.1 Å². The van der Waals surface area contributed by atoms with Crippen molar-refractivity contribution in [2.24, 2.45) is 13.0 Å². The van der Waals surface area contributed by atoms with Gasteiger partial charge in [-0.2, -0.15) is 10.2 Å². The molecular formula is C16H22N6O. The van der Waals surface area contributed by atoms with Crippen molar-refractivity contribution in [3.8, 4) is 17.1 Å². The van der Waals surface area contributed by atoms with Crippen LogP contribution < -0.4 is 10.1 Å². The van der Waals surface area contributed by atoms with Gasteiger partial charge >= 0.3 is 0 Å². The molecule has 0 saturated carbocycles. The molecule has 0 amide bonds. The van der Waals surface area contributed by atoms with E-state index in [0.29, 0.717) is 18.4 Å². The summed E-state index contributed by atoms with van der Waals surface area (Å²) >= 11 is 0. The van der Waals surface area contributed by atoms with Crippen molar-refractivity contribution in [2.75, 3.05) is 20.2 Å². The van der Waals surface area contributed by atoms with E-state index in [2.05, 4.69) is 27.4 Å². The number of hydrogen-bond donors (Lipinski definition) is 1. The molecule has 122 valence electrons. The van der Waals surface area contributed by atoms with Gasteiger partial charge in [-0.3, -0.25) is 4.68 Å². The molecule has 0 bridgehead atoms. The number of nitrogens with one attached hydrogen (secondary N) is 1. The maximum absolute atomic E-state index is 5.94. The minimum absolute atomic E-state index is 0.558. The van der Waals surface area contributed by atoms with Crippen molar-refractivity contribution in [2.45, 2.75) is 13.3 Å². The molecule has 0 spiro atoms. The van der Waals surface area contributed by atoms with Gasteiger partial charge in [0.25, 0.3) is 0 Å². The normalized spacial score (nSPS) is 12.7. The summed E-state index contributed by atoms with van der Waals surface area (Å²) in [4.78, 5) is 4.65. The summed E-state index contributed by atoms with van der Waals surface area (Å²) in [6, 6.07) is 1.91. The van der Waals surface area contributed by atoms with Crippen molar-refractivity contribution in [3.63, 3.8) is 0 Å². The van der Waals surface area contributed by atoms with Crippen LogP contribution in [0.25, 0.3) is 16.8 Å². The van der Waals surface area contributed by atoms with Crippen LogP contribution in [-0.4, -0.2) is 44.6 Å². The largest absolute Gasteiger partial charge is 0.476 e. The number of fused-ring (bicyclic) bond motifs is 1. The Morgan fingerprint density at radius 3 is 2.91 bits per heavy atom. The molecule has 0 aromatic carbocycles. The summed E-state index contributed by atoms with van der Waals surface area (Å²) < 4.78 is 9.48. The molecule has 0 aliphatic heterocycles. The van der Waals surface area contributed by atoms with Crippen molar-refractivity contribution >= 4 is 5.52 Å². The summed E-state index contributed by atoms with van der Waals surface area (Å²) in [6.07, 6.45) is 8.33. The van der Waals surface area contributed by atoms with Gasteiger partial charge in [0.15, 0.2) is 0 Å². The second-order valence-electron chi connectivity index (χ2n) is 5.79. The molecule has 0 radical (unpaired) electrons. The maximum atomic E-state index is 5.94. The minimum atomic E-state index is 0.558. The summed E-state index contributed by atoms with van der Waals surface area (Å²) in [6.45, 7) is 3.82. The summed E-state index contributed by atoms with van der Waals surface area (Å²) in [5, 5.41) is 11.7. The number of hydrogen-bond acceptors (Lipinski definition) is 5. The zero-order valence-electron chi connectivity index (χ0n) is 13.7. The van der Waals surface area contributed by atoms with E-state index in [1.54, 1.807) is 21.6 Å². The summed E-state index contributed by atoms with van der Waals surface area (Å²) in [5.41, 5.74) is 2.62. The fourth-order valence-corrected chi connectivity index (χ4v) is 2.50. The lowest BCUT2D eigenvalue weighted by Crippen LogP contribution is -2.18. The van der Waals surface area contributed by atoms with E-state index in [0.717, 1.165) is 29.7 Å². The topological polar surface area (TPSA) is 69.3 Å². The number of nitrogens with zero attached hydrogens (tertiary/aromatic N) is 5. The van der Waals surface area contributed by atoms with Crippen molar-refractivity contribution in [1.82, 2.24) is 29.7 Å². The Bertz CT molecular complexity index is 778. The highest BCUT2D eigenvalue weighted by Gasteiger charge is 2.11. The highest BCUT2D eigenvalue weighted by molar-refractivity contribution is 5.63. The molecule has 3 rings (SSSR count). The first kappa shape index (κ1) is 15.5. The van der Waals surface area contributed by atoms with Gasteiger partial charge in [-0.05, 0) is 32.0 Å². The van der Waals surface area contributed by atoms with Crippen LogP contribution in [0.5, 0.6) is 5.88 Å². The van der Waals surface area contributed by atoms with Gasteiger partial charge in [0.05, 0.1) is 30.9 Å². The predicted octanol–water partition coefficient (Wildman–Crippen LogP) is 1.75. The first-order valence-electron chi connectivity index (χ1n) is 7.78. The zero-order chi connectivity index (χ0) is 16.2. The van der Waals surface area contributed by atoms with Crippen LogP contribution >= 0.6 is 0 Å². The first-order chi connectivity index (χ1) is 11.2. The van der Waals surface area contributed by atoms with Gasteiger partial charge in [-0.1, -0.05) is 6.92 Å². The molecule has 0 aliphatic carbocycles. The second-order valence-corrected chi connectivity index (χ2v) is 5.79. The molecule has 0 saturated heterocycles. The predicted molar refractivity (Wildman–Crippen MR) is 88.4 cm³/mol. The Morgan fingerprint density at radius 2 is 2.17 bits per heavy atom. The van der Waals surface area contributed by atoms with Crippen LogP contribution in [0.3, 0.4) is 0 Å². The Morgan fingerprint density at radius 1 is 1.30 bits per heavy atom. The third-order valence-corrected chi connectivity index (χ3v) is 3.76. The molecular weight excluding hydrogens is 292 g/mol. The van der Waals surface area contributed by atoms with Crippen LogP contribution in [0, 0.1) is 5.92 Å². The van der Waals surface area contributed by atoms with Gasteiger partial charge in [-0.15, -0.1) is 0 Å². The molecule has 3 heterocycles. The van der Waals surface area contributed by atoms with Gasteiger partial charge in [-0.25, -0.2) is 9.50 Å². The molecule has 0 fully saturated rings. The van der Waals surface area contributed by atoms with Gasteiger partial charge in [0.2, 0.25) is 5.88 Å². The van der Waals surface area contributed by atoms with Crippen molar-refractivity contribution in [1.29, 1.82) is 0 Å². The third-order valence-electron chi connectivity index (χ3n) is 3.76. The molecule has 7 heteroatoms. The molecule has 7 nitrogen and oxygen atoms in total. The van der Waals surface area contributed by atoms with E-state index < -0.39 is 0 Å². The molecule has 3 aromatic rings. The van der Waals surface area contributed by atoms with E-state index in [4.69, 9.17) is 4.74 Å². The monoisotopic (exact) mass is 314 g/mol. The standard InChI is InChI=1S/C16H22N6O/c1-12(8-17-2)5-7-23-16-15-4-6-18-22(15)11-14(20-16)13-9-19-21(3)10-13/h4,6,9-12,17H,5,7-8H2,1-3H3. The smallest absolute Gasteiger partial charge is 0.240 e. The molecule has 3 aromatic heterocycles. The van der Waals surface area contributed by atoms with Crippen LogP contribution in [0.15, 0.2) is 30.9 Å². The van der Waals surface area contributed by atoms with E-state index in [-0.39, 0.29) is 0 Å². The van der Waals surface area contributed by atoms with Crippen LogP contribution in [0.1, 0.15) is 13.3 Å². The van der Waals surface area contributed by atoms with E-state index in [1.807, 2.05) is 32.6 Å². The fourth-order valence-electron chi connectivity index (χ4n) is 2.50. The van der Waals surface area contributed by atoms with E-state index in [1.165, 1.54) is 0 Å². The highest BCUT2D eigenvalue weighted by Crippen LogP contribution is 2.23. The Hall–Kier alpha value is -2.41. The average molecular weight is 314 g/mol. The first-order valence-corrected chi connectivity index (χ1v) is 7.78. The number of ether oxygens (including phenoxy) is 1. The fraction of sp³-hybridized carbons (Fsp3) is 0.438. The SMILES string of the molecule is CNCC(C)CCOc1nc(-c2cnn(C)c2)cn2nccc12. The zero-order valence-corrected chi connectivity index (χ0v) is 13.7. The maximum Gasteiger partial charge on any atom is 0.240 e. The molecule has 0 aliphatic rings. The van der Waals surface area contributed by atoms with E-state index >= 15 is 0 Å². The number of aryl methyl sites for hydroxylation is 1. The Labute approximate surface area is 135 Å². The van der Waals surface area contributed by atoms with Crippen LogP contribution in [0.2, 0.25) is 0 Å².